The molecule has 100 valence electrons. The molecule has 4 nitrogen and oxygen atoms in total. The summed E-state index contributed by atoms with van der Waals surface area (Å²) >= 11 is 0. The highest BCUT2D eigenvalue weighted by Crippen LogP contribution is 2.09. The van der Waals surface area contributed by atoms with Gasteiger partial charge in [0, 0.05) is 18.7 Å². The van der Waals surface area contributed by atoms with Gasteiger partial charge >= 0.3 is 0 Å². The van der Waals surface area contributed by atoms with Gasteiger partial charge in [-0.15, -0.1) is 0 Å². The SMILES string of the molecule is CCN(C)CCCC(=O)Nc1ccc(CN)cc1. The van der Waals surface area contributed by atoms with E-state index in [2.05, 4.69) is 24.2 Å². The van der Waals surface area contributed by atoms with E-state index in [9.17, 15) is 4.79 Å². The smallest absolute Gasteiger partial charge is 0.224 e. The predicted octanol–water partition coefficient (Wildman–Crippen LogP) is 1.82. The molecule has 0 bridgehead atoms. The molecule has 4 heteroatoms. The van der Waals surface area contributed by atoms with Crippen molar-refractivity contribution >= 4 is 11.6 Å². The number of amides is 1. The standard InChI is InChI=1S/C14H23N3O/c1-3-17(2)10-4-5-14(18)16-13-8-6-12(11-15)7-9-13/h6-9H,3-5,10-11,15H2,1-2H3,(H,16,18). The minimum atomic E-state index is 0.0694. The van der Waals surface area contributed by atoms with E-state index in [-0.39, 0.29) is 5.91 Å². The minimum absolute atomic E-state index is 0.0694. The Morgan fingerprint density at radius 2 is 2.00 bits per heavy atom. The third kappa shape index (κ3) is 5.29. The van der Waals surface area contributed by atoms with Crippen LogP contribution in [-0.4, -0.2) is 30.9 Å². The predicted molar refractivity (Wildman–Crippen MR) is 75.4 cm³/mol. The van der Waals surface area contributed by atoms with Crippen molar-refractivity contribution in [1.29, 1.82) is 0 Å². The van der Waals surface area contributed by atoms with Crippen LogP contribution in [-0.2, 0) is 11.3 Å². The monoisotopic (exact) mass is 249 g/mol. The second-order valence-electron chi connectivity index (χ2n) is 4.45. The van der Waals surface area contributed by atoms with Crippen LogP contribution in [0.2, 0.25) is 0 Å². The maximum absolute atomic E-state index is 11.7. The fraction of sp³-hybridized carbons (Fsp3) is 0.500. The van der Waals surface area contributed by atoms with Gasteiger partial charge in [-0.3, -0.25) is 4.79 Å². The molecule has 0 radical (unpaired) electrons. The minimum Gasteiger partial charge on any atom is -0.326 e. The lowest BCUT2D eigenvalue weighted by Crippen LogP contribution is -2.20. The number of benzene rings is 1. The van der Waals surface area contributed by atoms with Crippen molar-refractivity contribution in [2.75, 3.05) is 25.5 Å². The Labute approximate surface area is 109 Å². The Balaban J connectivity index is 2.30. The maximum atomic E-state index is 11.7. The molecule has 0 aromatic heterocycles. The van der Waals surface area contributed by atoms with Crippen molar-refractivity contribution in [2.45, 2.75) is 26.3 Å². The molecule has 18 heavy (non-hydrogen) atoms. The number of anilines is 1. The highest BCUT2D eigenvalue weighted by atomic mass is 16.1. The van der Waals surface area contributed by atoms with Crippen LogP contribution < -0.4 is 11.1 Å². The zero-order valence-electron chi connectivity index (χ0n) is 11.3. The number of nitrogens with one attached hydrogen (secondary N) is 1. The van der Waals surface area contributed by atoms with Gasteiger partial charge < -0.3 is 16.0 Å². The average Bonchev–Trinajstić information content (AvgIpc) is 2.39. The second kappa shape index (κ2) is 7.84. The van der Waals surface area contributed by atoms with Gasteiger partial charge in [-0.2, -0.15) is 0 Å². The Morgan fingerprint density at radius 1 is 1.33 bits per heavy atom. The van der Waals surface area contributed by atoms with Crippen LogP contribution in [0, 0.1) is 0 Å². The molecule has 0 aliphatic heterocycles. The van der Waals surface area contributed by atoms with Crippen molar-refractivity contribution in [3.63, 3.8) is 0 Å². The van der Waals surface area contributed by atoms with Crippen LogP contribution in [0.4, 0.5) is 5.69 Å². The highest BCUT2D eigenvalue weighted by Gasteiger charge is 2.03. The number of nitrogens with two attached hydrogens (primary N) is 1. The molecule has 0 unspecified atom stereocenters. The zero-order valence-corrected chi connectivity index (χ0v) is 11.3. The number of carbonyl (C=O) groups excluding carboxylic acids is 1. The molecule has 0 atom stereocenters. The van der Waals surface area contributed by atoms with Gasteiger partial charge in [0.25, 0.3) is 0 Å². The van der Waals surface area contributed by atoms with E-state index in [1.165, 1.54) is 0 Å². The first-order valence-corrected chi connectivity index (χ1v) is 6.43. The number of nitrogens with zero attached hydrogens (tertiary/aromatic N) is 1. The first-order chi connectivity index (χ1) is 8.65. The van der Waals surface area contributed by atoms with E-state index in [0.717, 1.165) is 30.8 Å². The topological polar surface area (TPSA) is 58.4 Å². The molecule has 0 aliphatic carbocycles. The first kappa shape index (κ1) is 14.7. The summed E-state index contributed by atoms with van der Waals surface area (Å²) in [7, 11) is 2.06. The summed E-state index contributed by atoms with van der Waals surface area (Å²) in [5.74, 6) is 0.0694. The molecule has 0 saturated carbocycles. The van der Waals surface area contributed by atoms with Gasteiger partial charge in [0.1, 0.15) is 0 Å². The van der Waals surface area contributed by atoms with Gasteiger partial charge in [0.05, 0.1) is 0 Å². The van der Waals surface area contributed by atoms with Crippen molar-refractivity contribution in [2.24, 2.45) is 5.73 Å². The summed E-state index contributed by atoms with van der Waals surface area (Å²) in [5, 5.41) is 2.89. The fourth-order valence-corrected chi connectivity index (χ4v) is 1.62. The van der Waals surface area contributed by atoms with Gasteiger partial charge in [0.2, 0.25) is 5.91 Å². The van der Waals surface area contributed by atoms with Crippen molar-refractivity contribution < 1.29 is 4.79 Å². The lowest BCUT2D eigenvalue weighted by Gasteiger charge is -2.13. The van der Waals surface area contributed by atoms with E-state index < -0.39 is 0 Å². The zero-order chi connectivity index (χ0) is 13.4. The van der Waals surface area contributed by atoms with Crippen molar-refractivity contribution in [3.05, 3.63) is 29.8 Å². The van der Waals surface area contributed by atoms with Crippen LogP contribution in [0.5, 0.6) is 0 Å². The lowest BCUT2D eigenvalue weighted by atomic mass is 10.2. The van der Waals surface area contributed by atoms with E-state index >= 15 is 0 Å². The summed E-state index contributed by atoms with van der Waals surface area (Å²) in [6.07, 6.45) is 1.44. The van der Waals surface area contributed by atoms with Crippen LogP contribution in [0.3, 0.4) is 0 Å². The lowest BCUT2D eigenvalue weighted by molar-refractivity contribution is -0.116. The molecule has 1 aromatic carbocycles. The first-order valence-electron chi connectivity index (χ1n) is 6.43. The summed E-state index contributed by atoms with van der Waals surface area (Å²) in [6.45, 7) is 4.61. The van der Waals surface area contributed by atoms with Crippen molar-refractivity contribution in [1.82, 2.24) is 4.90 Å². The van der Waals surface area contributed by atoms with Gasteiger partial charge in [-0.25, -0.2) is 0 Å². The largest absolute Gasteiger partial charge is 0.326 e. The Hall–Kier alpha value is -1.39. The summed E-state index contributed by atoms with van der Waals surface area (Å²) in [5.41, 5.74) is 7.42. The molecular formula is C14H23N3O. The normalized spacial score (nSPS) is 10.7. The van der Waals surface area contributed by atoms with Gasteiger partial charge in [-0.1, -0.05) is 19.1 Å². The molecule has 0 spiro atoms. The molecule has 0 saturated heterocycles. The van der Waals surface area contributed by atoms with Gasteiger partial charge in [0.15, 0.2) is 0 Å². The van der Waals surface area contributed by atoms with E-state index in [4.69, 9.17) is 5.73 Å². The van der Waals surface area contributed by atoms with Crippen LogP contribution in [0.15, 0.2) is 24.3 Å². The maximum Gasteiger partial charge on any atom is 0.224 e. The van der Waals surface area contributed by atoms with E-state index in [1.807, 2.05) is 24.3 Å². The quantitative estimate of drug-likeness (QED) is 0.775. The molecule has 1 amide bonds. The third-order valence-corrected chi connectivity index (χ3v) is 2.96. The second-order valence-corrected chi connectivity index (χ2v) is 4.45. The fourth-order valence-electron chi connectivity index (χ4n) is 1.62. The Morgan fingerprint density at radius 3 is 2.56 bits per heavy atom. The van der Waals surface area contributed by atoms with Crippen molar-refractivity contribution in [3.8, 4) is 0 Å². The van der Waals surface area contributed by atoms with E-state index in [1.54, 1.807) is 0 Å². The molecule has 1 rings (SSSR count). The number of rotatable bonds is 7. The molecule has 0 aliphatic rings. The molecular weight excluding hydrogens is 226 g/mol. The third-order valence-electron chi connectivity index (χ3n) is 2.96. The number of hydrogen-bond donors (Lipinski definition) is 2. The number of carbonyl (C=O) groups is 1. The average molecular weight is 249 g/mol. The van der Waals surface area contributed by atoms with Crippen LogP contribution >= 0.6 is 0 Å². The molecule has 0 fully saturated rings. The summed E-state index contributed by atoms with van der Waals surface area (Å²) < 4.78 is 0. The summed E-state index contributed by atoms with van der Waals surface area (Å²) in [6, 6.07) is 7.64. The molecule has 3 N–H and O–H groups in total. The van der Waals surface area contributed by atoms with Crippen LogP contribution in [0.1, 0.15) is 25.3 Å². The van der Waals surface area contributed by atoms with Crippen LogP contribution in [0.25, 0.3) is 0 Å². The summed E-state index contributed by atoms with van der Waals surface area (Å²) in [4.78, 5) is 13.9. The Bertz CT molecular complexity index is 362. The van der Waals surface area contributed by atoms with E-state index in [0.29, 0.717) is 13.0 Å². The highest BCUT2D eigenvalue weighted by molar-refractivity contribution is 5.90. The molecule has 0 heterocycles. The molecule has 1 aromatic rings. The van der Waals surface area contributed by atoms with Gasteiger partial charge in [-0.05, 0) is 44.3 Å². The number of hydrogen-bond acceptors (Lipinski definition) is 3. The Kier molecular flexibility index (Phi) is 6.39.